The van der Waals surface area contributed by atoms with Crippen molar-refractivity contribution in [2.45, 2.75) is 45.2 Å². The van der Waals surface area contributed by atoms with Crippen LogP contribution in [0.2, 0.25) is 0 Å². The van der Waals surface area contributed by atoms with Crippen LogP contribution < -0.4 is 15.5 Å². The van der Waals surface area contributed by atoms with E-state index in [1.54, 1.807) is 0 Å². The zero-order chi connectivity index (χ0) is 20.6. The lowest BCUT2D eigenvalue weighted by atomic mass is 9.98. The van der Waals surface area contributed by atoms with Gasteiger partial charge in [-0.1, -0.05) is 6.07 Å². The molecule has 31 heavy (non-hydrogen) atoms. The van der Waals surface area contributed by atoms with Gasteiger partial charge in [-0.05, 0) is 74.0 Å². The normalized spacial score (nSPS) is 21.0. The predicted molar refractivity (Wildman–Crippen MR) is 146 cm³/mol. The monoisotopic (exact) mass is 573 g/mol. The molecule has 0 bridgehead atoms. The number of thiophene rings is 2. The highest BCUT2D eigenvalue weighted by Gasteiger charge is 2.22. The Bertz CT molecular complexity index is 757. The lowest BCUT2D eigenvalue weighted by Crippen LogP contribution is -2.49. The molecule has 0 aromatic carbocycles. The van der Waals surface area contributed by atoms with Gasteiger partial charge >= 0.3 is 0 Å². The van der Waals surface area contributed by atoms with Gasteiger partial charge in [0, 0.05) is 50.2 Å². The molecular formula is C23H36IN5S2. The molecule has 8 heteroatoms. The van der Waals surface area contributed by atoms with E-state index in [1.165, 1.54) is 48.7 Å². The number of aliphatic imine (C=N–C) groups is 1. The van der Waals surface area contributed by atoms with Crippen molar-refractivity contribution < 1.29 is 0 Å². The minimum atomic E-state index is 0. The maximum atomic E-state index is 4.99. The van der Waals surface area contributed by atoms with Gasteiger partial charge in [-0.25, -0.2) is 0 Å². The Morgan fingerprint density at radius 3 is 2.61 bits per heavy atom. The van der Waals surface area contributed by atoms with Crippen molar-refractivity contribution in [3.05, 3.63) is 39.9 Å². The molecule has 1 atom stereocenters. The SMILES string of the molecule is CCNC(=NCC1CCCN(Cc2cccs2)C1)NC1CCN(c2cccs2)CC1.I. The number of likely N-dealkylation sites (tertiary alicyclic amines) is 1. The lowest BCUT2D eigenvalue weighted by Gasteiger charge is -2.34. The lowest BCUT2D eigenvalue weighted by molar-refractivity contribution is 0.172. The molecule has 2 N–H and O–H groups in total. The minimum absolute atomic E-state index is 0. The molecule has 4 heterocycles. The maximum absolute atomic E-state index is 4.99. The van der Waals surface area contributed by atoms with Crippen LogP contribution in [0.1, 0.15) is 37.5 Å². The molecule has 2 aromatic heterocycles. The second-order valence-electron chi connectivity index (χ2n) is 8.40. The Kier molecular flexibility index (Phi) is 10.4. The molecule has 1 unspecified atom stereocenters. The summed E-state index contributed by atoms with van der Waals surface area (Å²) in [5.74, 6) is 1.66. The van der Waals surface area contributed by atoms with Gasteiger partial charge in [0.25, 0.3) is 0 Å². The first-order valence-corrected chi connectivity index (χ1v) is 13.1. The van der Waals surface area contributed by atoms with Crippen LogP contribution in [0, 0.1) is 5.92 Å². The highest BCUT2D eigenvalue weighted by Crippen LogP contribution is 2.25. The molecule has 2 aliphatic rings. The fourth-order valence-corrected chi connectivity index (χ4v) is 6.03. The van der Waals surface area contributed by atoms with Gasteiger partial charge in [-0.15, -0.1) is 46.7 Å². The zero-order valence-corrected chi connectivity index (χ0v) is 22.4. The standard InChI is InChI=1S/C23H35N5S2.HI/c1-2-24-23(26-20-9-12-28(13-10-20)22-8-5-15-30-22)25-16-19-6-3-11-27(17-19)18-21-7-4-14-29-21;/h4-5,7-8,14-15,19-20H,2-3,6,9-13,16-18H2,1H3,(H2,24,25,26);1H. The second-order valence-corrected chi connectivity index (χ2v) is 10.4. The number of nitrogens with zero attached hydrogens (tertiary/aromatic N) is 3. The van der Waals surface area contributed by atoms with Crippen LogP contribution >= 0.6 is 46.7 Å². The van der Waals surface area contributed by atoms with Gasteiger partial charge in [0.1, 0.15) is 0 Å². The molecule has 2 fully saturated rings. The summed E-state index contributed by atoms with van der Waals surface area (Å²) in [4.78, 5) is 11.6. The van der Waals surface area contributed by atoms with Crippen molar-refractivity contribution in [3.63, 3.8) is 0 Å². The topological polar surface area (TPSA) is 42.9 Å². The fourth-order valence-electron chi connectivity index (χ4n) is 4.49. The number of nitrogens with one attached hydrogen (secondary N) is 2. The Morgan fingerprint density at radius 2 is 1.90 bits per heavy atom. The Hall–Kier alpha value is -0.840. The molecular weight excluding hydrogens is 537 g/mol. The Balaban J connectivity index is 0.00000272. The second kappa shape index (κ2) is 13.0. The summed E-state index contributed by atoms with van der Waals surface area (Å²) in [5, 5.41) is 12.9. The third-order valence-corrected chi connectivity index (χ3v) is 7.86. The van der Waals surface area contributed by atoms with E-state index in [2.05, 4.69) is 62.4 Å². The third kappa shape index (κ3) is 7.61. The van der Waals surface area contributed by atoms with E-state index in [9.17, 15) is 0 Å². The van der Waals surface area contributed by atoms with Crippen LogP contribution in [-0.4, -0.2) is 56.2 Å². The zero-order valence-electron chi connectivity index (χ0n) is 18.5. The quantitative estimate of drug-likeness (QED) is 0.282. The summed E-state index contributed by atoms with van der Waals surface area (Å²) in [7, 11) is 0. The molecule has 0 spiro atoms. The number of anilines is 1. The van der Waals surface area contributed by atoms with E-state index in [4.69, 9.17) is 4.99 Å². The largest absolute Gasteiger partial charge is 0.363 e. The highest BCUT2D eigenvalue weighted by atomic mass is 127. The number of piperidine rings is 2. The number of guanidine groups is 1. The molecule has 0 saturated carbocycles. The maximum Gasteiger partial charge on any atom is 0.191 e. The first kappa shape index (κ1) is 24.8. The fraction of sp³-hybridized carbons (Fsp3) is 0.609. The van der Waals surface area contributed by atoms with Crippen LogP contribution in [-0.2, 0) is 6.54 Å². The molecule has 172 valence electrons. The van der Waals surface area contributed by atoms with Gasteiger partial charge < -0.3 is 15.5 Å². The number of rotatable bonds is 7. The summed E-state index contributed by atoms with van der Waals surface area (Å²) in [6.07, 6.45) is 4.92. The average Bonchev–Trinajstić information content (AvgIpc) is 3.48. The number of hydrogen-bond acceptors (Lipinski definition) is 5. The molecule has 2 saturated heterocycles. The molecule has 4 rings (SSSR count). The van der Waals surface area contributed by atoms with Crippen LogP contribution in [0.5, 0.6) is 0 Å². The third-order valence-electron chi connectivity index (χ3n) is 6.07. The summed E-state index contributed by atoms with van der Waals surface area (Å²) in [6.45, 7) is 9.72. The number of hydrogen-bond donors (Lipinski definition) is 2. The van der Waals surface area contributed by atoms with E-state index in [0.29, 0.717) is 12.0 Å². The van der Waals surface area contributed by atoms with Crippen molar-refractivity contribution in [3.8, 4) is 0 Å². The van der Waals surface area contributed by atoms with Crippen molar-refractivity contribution in [1.82, 2.24) is 15.5 Å². The number of halogens is 1. The molecule has 2 aliphatic heterocycles. The summed E-state index contributed by atoms with van der Waals surface area (Å²) in [6, 6.07) is 9.30. The van der Waals surface area contributed by atoms with Crippen molar-refractivity contribution in [2.75, 3.05) is 44.2 Å². The van der Waals surface area contributed by atoms with Crippen LogP contribution in [0.25, 0.3) is 0 Å². The minimum Gasteiger partial charge on any atom is -0.363 e. The first-order chi connectivity index (χ1) is 14.8. The highest BCUT2D eigenvalue weighted by molar-refractivity contribution is 14.0. The molecule has 2 aromatic rings. The van der Waals surface area contributed by atoms with Crippen LogP contribution in [0.15, 0.2) is 40.0 Å². The van der Waals surface area contributed by atoms with Crippen molar-refractivity contribution in [2.24, 2.45) is 10.9 Å². The Morgan fingerprint density at radius 1 is 1.10 bits per heavy atom. The van der Waals surface area contributed by atoms with Gasteiger partial charge in [0.15, 0.2) is 5.96 Å². The average molecular weight is 574 g/mol. The van der Waals surface area contributed by atoms with Gasteiger partial charge in [0.2, 0.25) is 0 Å². The first-order valence-electron chi connectivity index (χ1n) is 11.4. The molecule has 5 nitrogen and oxygen atoms in total. The van der Waals surface area contributed by atoms with E-state index < -0.39 is 0 Å². The molecule has 0 amide bonds. The molecule has 0 aliphatic carbocycles. The van der Waals surface area contributed by atoms with Crippen molar-refractivity contribution in [1.29, 1.82) is 0 Å². The summed E-state index contributed by atoms with van der Waals surface area (Å²) < 4.78 is 0. The summed E-state index contributed by atoms with van der Waals surface area (Å²) in [5.41, 5.74) is 0. The molecule has 0 radical (unpaired) electrons. The van der Waals surface area contributed by atoms with Gasteiger partial charge in [0.05, 0.1) is 5.00 Å². The van der Waals surface area contributed by atoms with Crippen molar-refractivity contribution >= 4 is 57.6 Å². The smallest absolute Gasteiger partial charge is 0.191 e. The summed E-state index contributed by atoms with van der Waals surface area (Å²) >= 11 is 3.71. The predicted octanol–water partition coefficient (Wildman–Crippen LogP) is 4.86. The van der Waals surface area contributed by atoms with Crippen LogP contribution in [0.3, 0.4) is 0 Å². The van der Waals surface area contributed by atoms with Gasteiger partial charge in [-0.3, -0.25) is 9.89 Å². The van der Waals surface area contributed by atoms with E-state index in [1.807, 2.05) is 22.7 Å². The van der Waals surface area contributed by atoms with E-state index in [0.717, 1.165) is 38.7 Å². The van der Waals surface area contributed by atoms with E-state index in [-0.39, 0.29) is 24.0 Å². The van der Waals surface area contributed by atoms with Crippen LogP contribution in [0.4, 0.5) is 5.00 Å². The van der Waals surface area contributed by atoms with Gasteiger partial charge in [-0.2, -0.15) is 0 Å². The van der Waals surface area contributed by atoms with E-state index >= 15 is 0 Å². The Labute approximate surface area is 212 Å².